The van der Waals surface area contributed by atoms with Crippen molar-refractivity contribution in [2.24, 2.45) is 0 Å². The van der Waals surface area contributed by atoms with Gasteiger partial charge in [-0.05, 0) is 13.3 Å². The standard InChI is InChI=1S/C8H18NO3PS.C2H6/c1-4-6-7(8(10)11-3)9-13(14)12-5-2;1-2/h7,9,14H,4-6H2,1-3H3;1-2H3/t7-,13?;/m0./s1. The van der Waals surface area contributed by atoms with E-state index in [0.717, 1.165) is 12.8 Å². The molecule has 0 heterocycles. The van der Waals surface area contributed by atoms with E-state index < -0.39 is 7.50 Å². The van der Waals surface area contributed by atoms with Gasteiger partial charge in [0.05, 0.1) is 13.7 Å². The fourth-order valence-electron chi connectivity index (χ4n) is 0.959. The minimum Gasteiger partial charge on any atom is -0.468 e. The van der Waals surface area contributed by atoms with Crippen LogP contribution in [0.5, 0.6) is 0 Å². The summed E-state index contributed by atoms with van der Waals surface area (Å²) in [6.07, 6.45) is 1.65. The molecule has 0 aliphatic rings. The summed E-state index contributed by atoms with van der Waals surface area (Å²) in [5.41, 5.74) is 0. The molecule has 0 aromatic rings. The Labute approximate surface area is 106 Å². The van der Waals surface area contributed by atoms with Gasteiger partial charge in [0.2, 0.25) is 0 Å². The van der Waals surface area contributed by atoms with Crippen LogP contribution < -0.4 is 5.09 Å². The van der Waals surface area contributed by atoms with E-state index in [0.29, 0.717) is 6.61 Å². The predicted molar refractivity (Wildman–Crippen MR) is 72.7 cm³/mol. The zero-order valence-corrected chi connectivity index (χ0v) is 12.6. The summed E-state index contributed by atoms with van der Waals surface area (Å²) in [6, 6.07) is -0.305. The Balaban J connectivity index is 0. The smallest absolute Gasteiger partial charge is 0.323 e. The fourth-order valence-corrected chi connectivity index (χ4v) is 2.54. The van der Waals surface area contributed by atoms with Crippen LogP contribution >= 0.6 is 19.7 Å². The summed E-state index contributed by atoms with van der Waals surface area (Å²) in [5.74, 6) is -0.256. The highest BCUT2D eigenvalue weighted by Gasteiger charge is 2.20. The first kappa shape index (κ1) is 18.5. The molecule has 98 valence electrons. The Morgan fingerprint density at radius 3 is 2.38 bits per heavy atom. The normalized spacial score (nSPS) is 13.4. The molecular weight excluding hydrogens is 245 g/mol. The Morgan fingerprint density at radius 2 is 2.00 bits per heavy atom. The number of ether oxygens (including phenoxy) is 1. The number of hydrogen-bond donors (Lipinski definition) is 2. The van der Waals surface area contributed by atoms with Crippen LogP contribution in [0.3, 0.4) is 0 Å². The van der Waals surface area contributed by atoms with Gasteiger partial charge in [0, 0.05) is 0 Å². The van der Waals surface area contributed by atoms with Gasteiger partial charge in [0.15, 0.2) is 7.50 Å². The maximum Gasteiger partial charge on any atom is 0.323 e. The zero-order chi connectivity index (χ0) is 13.0. The van der Waals surface area contributed by atoms with E-state index in [1.54, 1.807) is 0 Å². The molecular formula is C10H24NO3PS. The van der Waals surface area contributed by atoms with Crippen molar-refractivity contribution in [3.63, 3.8) is 0 Å². The Kier molecular flexibility index (Phi) is 15.3. The van der Waals surface area contributed by atoms with E-state index >= 15 is 0 Å². The van der Waals surface area contributed by atoms with Gasteiger partial charge in [-0.15, -0.1) is 12.2 Å². The average molecular weight is 269 g/mol. The lowest BCUT2D eigenvalue weighted by Gasteiger charge is -2.19. The van der Waals surface area contributed by atoms with Crippen LogP contribution in [-0.2, 0) is 14.1 Å². The lowest BCUT2D eigenvalue weighted by Crippen LogP contribution is -2.33. The fraction of sp³-hybridized carbons (Fsp3) is 0.900. The lowest BCUT2D eigenvalue weighted by molar-refractivity contribution is -0.142. The molecule has 0 amide bonds. The molecule has 4 nitrogen and oxygen atoms in total. The van der Waals surface area contributed by atoms with Gasteiger partial charge in [-0.2, -0.15) is 0 Å². The number of hydrogen-bond acceptors (Lipinski definition) is 5. The van der Waals surface area contributed by atoms with Crippen molar-refractivity contribution < 1.29 is 14.1 Å². The largest absolute Gasteiger partial charge is 0.468 e. The first-order valence-corrected chi connectivity index (χ1v) is 8.02. The van der Waals surface area contributed by atoms with E-state index in [4.69, 9.17) is 4.52 Å². The van der Waals surface area contributed by atoms with Crippen LogP contribution in [0.15, 0.2) is 0 Å². The number of carbonyl (C=O) groups is 1. The summed E-state index contributed by atoms with van der Waals surface area (Å²) in [7, 11) is 0.357. The monoisotopic (exact) mass is 269 g/mol. The second-order valence-electron chi connectivity index (χ2n) is 2.68. The number of carbonyl (C=O) groups excluding carboxylic acids is 1. The van der Waals surface area contributed by atoms with Crippen LogP contribution in [0, 0.1) is 0 Å². The third-order valence-electron chi connectivity index (χ3n) is 1.58. The van der Waals surface area contributed by atoms with Crippen molar-refractivity contribution in [3.05, 3.63) is 0 Å². The molecule has 0 aliphatic heterocycles. The molecule has 0 aromatic heterocycles. The number of nitrogens with one attached hydrogen (secondary N) is 1. The minimum absolute atomic E-state index is 0.256. The van der Waals surface area contributed by atoms with Gasteiger partial charge in [-0.25, -0.2) is 0 Å². The number of esters is 1. The van der Waals surface area contributed by atoms with Crippen molar-refractivity contribution in [1.29, 1.82) is 0 Å². The minimum atomic E-state index is -1.03. The average Bonchev–Trinajstić information content (AvgIpc) is 2.30. The Morgan fingerprint density at radius 1 is 1.44 bits per heavy atom. The molecule has 0 spiro atoms. The molecule has 0 radical (unpaired) electrons. The quantitative estimate of drug-likeness (QED) is 0.423. The predicted octanol–water partition coefficient (Wildman–Crippen LogP) is 3.14. The highest BCUT2D eigenvalue weighted by molar-refractivity contribution is 8.42. The summed E-state index contributed by atoms with van der Waals surface area (Å²) in [6.45, 7) is 8.49. The number of thiol groups is 1. The molecule has 0 saturated heterocycles. The van der Waals surface area contributed by atoms with E-state index in [-0.39, 0.29) is 12.0 Å². The summed E-state index contributed by atoms with van der Waals surface area (Å²) in [5, 5.41) is 3.00. The molecule has 16 heavy (non-hydrogen) atoms. The maximum absolute atomic E-state index is 11.3. The summed E-state index contributed by atoms with van der Waals surface area (Å²) >= 11 is 4.20. The van der Waals surface area contributed by atoms with Gasteiger partial charge in [0.25, 0.3) is 0 Å². The van der Waals surface area contributed by atoms with Gasteiger partial charge < -0.3 is 9.26 Å². The number of methoxy groups -OCH3 is 1. The second kappa shape index (κ2) is 13.2. The topological polar surface area (TPSA) is 47.6 Å². The third kappa shape index (κ3) is 9.40. The van der Waals surface area contributed by atoms with E-state index in [2.05, 4.69) is 22.1 Å². The maximum atomic E-state index is 11.3. The molecule has 0 aromatic carbocycles. The van der Waals surface area contributed by atoms with Gasteiger partial charge in [-0.1, -0.05) is 27.2 Å². The van der Waals surface area contributed by atoms with E-state index in [1.807, 2.05) is 27.7 Å². The van der Waals surface area contributed by atoms with Crippen molar-refractivity contribution in [3.8, 4) is 0 Å². The van der Waals surface area contributed by atoms with Crippen LogP contribution in [0.25, 0.3) is 0 Å². The highest BCUT2D eigenvalue weighted by atomic mass is 32.7. The van der Waals surface area contributed by atoms with Crippen molar-refractivity contribution in [2.75, 3.05) is 13.7 Å². The first-order valence-electron chi connectivity index (χ1n) is 5.61. The second-order valence-corrected chi connectivity index (χ2v) is 4.84. The van der Waals surface area contributed by atoms with E-state index in [1.165, 1.54) is 7.11 Å². The van der Waals surface area contributed by atoms with Crippen LogP contribution in [0.1, 0.15) is 40.5 Å². The molecule has 1 unspecified atom stereocenters. The highest BCUT2D eigenvalue weighted by Crippen LogP contribution is 2.37. The van der Waals surface area contributed by atoms with Gasteiger partial charge >= 0.3 is 5.97 Å². The van der Waals surface area contributed by atoms with Gasteiger partial charge in [-0.3, -0.25) is 9.88 Å². The third-order valence-corrected chi connectivity index (χ3v) is 3.31. The Hall–Kier alpha value is 0.170. The van der Waals surface area contributed by atoms with E-state index in [9.17, 15) is 4.79 Å². The molecule has 0 bridgehead atoms. The van der Waals surface area contributed by atoms with Gasteiger partial charge in [0.1, 0.15) is 6.04 Å². The lowest BCUT2D eigenvalue weighted by atomic mass is 10.2. The zero-order valence-electron chi connectivity index (χ0n) is 10.8. The SMILES string of the molecule is CC.CCC[C@H](NP(S)OCC)C(=O)OC. The van der Waals surface area contributed by atoms with Crippen molar-refractivity contribution >= 4 is 25.7 Å². The van der Waals surface area contributed by atoms with Crippen molar-refractivity contribution in [1.82, 2.24) is 5.09 Å². The Bertz CT molecular complexity index is 172. The molecule has 2 atom stereocenters. The molecule has 0 aliphatic carbocycles. The van der Waals surface area contributed by atoms with Crippen LogP contribution in [0.4, 0.5) is 0 Å². The van der Waals surface area contributed by atoms with Crippen LogP contribution in [-0.4, -0.2) is 25.7 Å². The summed E-state index contributed by atoms with van der Waals surface area (Å²) in [4.78, 5) is 11.3. The first-order chi connectivity index (χ1) is 7.65. The number of rotatable bonds is 7. The molecule has 1 N–H and O–H groups in total. The molecule has 6 heteroatoms. The molecule has 0 rings (SSSR count). The summed E-state index contributed by atoms with van der Waals surface area (Å²) < 4.78 is 9.89. The molecule has 0 fully saturated rings. The van der Waals surface area contributed by atoms with Crippen molar-refractivity contribution in [2.45, 2.75) is 46.6 Å². The molecule has 0 saturated carbocycles. The van der Waals surface area contributed by atoms with Crippen LogP contribution in [0.2, 0.25) is 0 Å².